The maximum Gasteiger partial charge on any atom is 0.573 e. The van der Waals surface area contributed by atoms with E-state index >= 15 is 4.39 Å². The van der Waals surface area contributed by atoms with E-state index in [0.717, 1.165) is 36.4 Å². The van der Waals surface area contributed by atoms with E-state index in [1.165, 1.54) is 30.3 Å². The van der Waals surface area contributed by atoms with E-state index in [4.69, 9.17) is 59.5 Å². The fourth-order valence-electron chi connectivity index (χ4n) is 6.41. The zero-order valence-corrected chi connectivity index (χ0v) is 47.0. The number of nitrogens with one attached hydrogen (secondary N) is 3. The van der Waals surface area contributed by atoms with Crippen LogP contribution in [0.4, 0.5) is 33.3 Å². The lowest BCUT2D eigenvalue weighted by atomic mass is 10.1. The summed E-state index contributed by atoms with van der Waals surface area (Å²) in [4.78, 5) is 48.7. The SMILES string of the molecule is CC(C)(C)NC(=O)c1ccc(Oc2cc(F)c(CC(=O)OC(C)(C)C)cc2Cl)c(N)c1.CC(C)(C)NC(=O)c1ccc(Oc2cc(F)c(CC(=O)OC(C)(C)C)cc2Cl)c(NS(=O)(=O)c2ccc(OC(F)(F)F)cc2Cl)c1. The number of nitrogens with two attached hydrogens (primary N) is 1. The lowest BCUT2D eigenvalue weighted by Crippen LogP contribution is -2.40. The van der Waals surface area contributed by atoms with Gasteiger partial charge >= 0.3 is 18.3 Å². The van der Waals surface area contributed by atoms with E-state index in [1.807, 2.05) is 20.8 Å². The van der Waals surface area contributed by atoms with Crippen molar-refractivity contribution < 1.29 is 73.2 Å². The molecule has 0 aliphatic heterocycles. The number of benzene rings is 5. The number of hydrogen-bond donors (Lipinski definition) is 4. The second kappa shape index (κ2) is 24.4. The van der Waals surface area contributed by atoms with Crippen molar-refractivity contribution in [1.29, 1.82) is 0 Å². The molecule has 5 rings (SSSR count). The molecule has 0 heterocycles. The normalized spacial score (nSPS) is 12.1. The molecule has 0 aliphatic rings. The molecule has 0 unspecified atom stereocenters. The molecule has 0 fully saturated rings. The number of sulfonamides is 1. The number of ether oxygens (including phenoxy) is 5. The number of anilines is 2. The smallest absolute Gasteiger partial charge is 0.460 e. The first-order valence-electron chi connectivity index (χ1n) is 23.1. The third-order valence-electron chi connectivity index (χ3n) is 9.31. The summed E-state index contributed by atoms with van der Waals surface area (Å²) in [7, 11) is -4.64. The van der Waals surface area contributed by atoms with Crippen molar-refractivity contribution in [2.75, 3.05) is 10.5 Å². The van der Waals surface area contributed by atoms with Gasteiger partial charge in [0.1, 0.15) is 50.7 Å². The Morgan fingerprint density at radius 3 is 1.39 bits per heavy atom. The van der Waals surface area contributed by atoms with Gasteiger partial charge in [0.25, 0.3) is 21.8 Å². The molecule has 418 valence electrons. The molecule has 0 aliphatic carbocycles. The Hall–Kier alpha value is -6.55. The Bertz CT molecular complexity index is 3150. The number of amides is 2. The second-order valence-corrected chi connectivity index (χ2v) is 24.0. The van der Waals surface area contributed by atoms with Gasteiger partial charge in [-0.2, -0.15) is 0 Å². The predicted molar refractivity (Wildman–Crippen MR) is 283 cm³/mol. The maximum atomic E-state index is 15.0. The van der Waals surface area contributed by atoms with E-state index in [9.17, 15) is 45.2 Å². The lowest BCUT2D eigenvalue weighted by Gasteiger charge is -2.21. The largest absolute Gasteiger partial charge is 0.573 e. The van der Waals surface area contributed by atoms with Crippen molar-refractivity contribution >= 4 is 80.0 Å². The molecule has 0 aromatic heterocycles. The molecule has 0 bridgehead atoms. The topological polar surface area (TPSA) is 211 Å². The lowest BCUT2D eigenvalue weighted by molar-refractivity contribution is -0.274. The number of halogens is 8. The number of carbonyl (C=O) groups is 4. The summed E-state index contributed by atoms with van der Waals surface area (Å²) in [6.45, 7) is 20.9. The minimum Gasteiger partial charge on any atom is -0.460 e. The third-order valence-corrected chi connectivity index (χ3v) is 11.8. The van der Waals surface area contributed by atoms with Crippen LogP contribution in [-0.4, -0.2) is 60.8 Å². The predicted octanol–water partition coefficient (Wildman–Crippen LogP) is 13.3. The number of hydrogen-bond acceptors (Lipinski definition) is 12. The van der Waals surface area contributed by atoms with Crippen LogP contribution in [0, 0.1) is 11.6 Å². The van der Waals surface area contributed by atoms with E-state index < -0.39 is 90.2 Å². The summed E-state index contributed by atoms with van der Waals surface area (Å²) in [6, 6.07) is 14.8. The standard InChI is InChI=1S/C30H30Cl2F4N2O7S.C23H28ClFN2O4/c1-28(2,3)37-27(40)16-7-9-23(43-24-15-21(33)17(11-19(24)31)13-26(39)45-29(4,5)6)22(12-16)38-46(41,42)25-10-8-18(14-20(25)32)44-30(34,35)36;1-22(2,3)27-21(29)13-7-8-18(17(26)10-13)30-19-12-16(25)14(9-15(19)24)11-20(28)31-23(4,5)6/h7-12,14-15,38H,13H2,1-6H3,(H,37,40);7-10,12H,11,26H2,1-6H3,(H,27,29). The van der Waals surface area contributed by atoms with Gasteiger partial charge in [0.15, 0.2) is 5.75 Å². The molecule has 24 heteroatoms. The first-order chi connectivity index (χ1) is 35.1. The van der Waals surface area contributed by atoms with Gasteiger partial charge in [0.2, 0.25) is 0 Å². The minimum absolute atomic E-state index is 0.00927. The number of carbonyl (C=O) groups excluding carboxylic acids is 4. The van der Waals surface area contributed by atoms with E-state index in [1.54, 1.807) is 68.4 Å². The minimum atomic E-state index is -5.04. The van der Waals surface area contributed by atoms with Crippen molar-refractivity contribution in [3.8, 4) is 28.7 Å². The van der Waals surface area contributed by atoms with E-state index in [2.05, 4.69) is 20.1 Å². The summed E-state index contributed by atoms with van der Waals surface area (Å²) in [5.74, 6) is -4.68. The Kier molecular flexibility index (Phi) is 20.0. The Morgan fingerprint density at radius 2 is 0.987 bits per heavy atom. The number of rotatable bonds is 14. The average Bonchev–Trinajstić information content (AvgIpc) is 3.22. The summed E-state index contributed by atoms with van der Waals surface area (Å²) in [5.41, 5.74) is 3.70. The van der Waals surface area contributed by atoms with Crippen LogP contribution in [0.25, 0.3) is 0 Å². The van der Waals surface area contributed by atoms with Crippen LogP contribution in [0.3, 0.4) is 0 Å². The van der Waals surface area contributed by atoms with Gasteiger partial charge in [-0.3, -0.25) is 23.9 Å². The van der Waals surface area contributed by atoms with Gasteiger partial charge in [-0.25, -0.2) is 17.2 Å². The van der Waals surface area contributed by atoms with Gasteiger partial charge in [0.05, 0.1) is 39.3 Å². The van der Waals surface area contributed by atoms with Crippen LogP contribution in [0.1, 0.15) is 115 Å². The Morgan fingerprint density at radius 1 is 0.558 bits per heavy atom. The number of esters is 2. The molecule has 0 atom stereocenters. The molecule has 5 N–H and O–H groups in total. The second-order valence-electron chi connectivity index (χ2n) is 21.1. The van der Waals surface area contributed by atoms with Crippen molar-refractivity contribution in [1.82, 2.24) is 10.6 Å². The van der Waals surface area contributed by atoms with Gasteiger partial charge < -0.3 is 40.1 Å². The summed E-state index contributed by atoms with van der Waals surface area (Å²) in [6.07, 6.45) is -5.74. The first kappa shape index (κ1) is 63.0. The third kappa shape index (κ3) is 20.4. The van der Waals surface area contributed by atoms with Crippen molar-refractivity contribution in [2.24, 2.45) is 0 Å². The van der Waals surface area contributed by atoms with Crippen LogP contribution in [0.5, 0.6) is 28.7 Å². The highest BCUT2D eigenvalue weighted by atomic mass is 35.5. The summed E-state index contributed by atoms with van der Waals surface area (Å²) >= 11 is 18.6. The molecule has 0 saturated carbocycles. The van der Waals surface area contributed by atoms with Crippen LogP contribution in [-0.2, 0) is 41.9 Å². The molecule has 5 aromatic carbocycles. The molecule has 2 amide bonds. The first-order valence-corrected chi connectivity index (χ1v) is 25.7. The van der Waals surface area contributed by atoms with E-state index in [0.29, 0.717) is 11.6 Å². The van der Waals surface area contributed by atoms with Crippen molar-refractivity contribution in [3.63, 3.8) is 0 Å². The molecule has 77 heavy (non-hydrogen) atoms. The zero-order chi connectivity index (χ0) is 58.4. The molecular formula is C53H58Cl3F5N4O11S. The van der Waals surface area contributed by atoms with Crippen LogP contribution in [0.2, 0.25) is 15.1 Å². The van der Waals surface area contributed by atoms with Crippen LogP contribution in [0.15, 0.2) is 83.8 Å². The fourth-order valence-corrected chi connectivity index (χ4v) is 8.46. The summed E-state index contributed by atoms with van der Waals surface area (Å²) < 4.78 is 122. The molecular weight excluding hydrogens is 1100 g/mol. The van der Waals surface area contributed by atoms with Gasteiger partial charge in [-0.15, -0.1) is 13.2 Å². The maximum absolute atomic E-state index is 15.0. The number of alkyl halides is 3. The Balaban J connectivity index is 0.000000359. The van der Waals surface area contributed by atoms with Gasteiger partial charge in [-0.05, 0) is 144 Å². The van der Waals surface area contributed by atoms with Crippen molar-refractivity contribution in [3.05, 3.63) is 128 Å². The van der Waals surface area contributed by atoms with E-state index in [-0.39, 0.29) is 73.4 Å². The average molecular weight is 1160 g/mol. The molecule has 5 aromatic rings. The fraction of sp³-hybridized carbons (Fsp3) is 0.358. The van der Waals surface area contributed by atoms with Gasteiger partial charge in [0, 0.05) is 51.5 Å². The molecule has 0 saturated heterocycles. The van der Waals surface area contributed by atoms with Crippen LogP contribution >= 0.6 is 34.8 Å². The highest BCUT2D eigenvalue weighted by molar-refractivity contribution is 7.92. The highest BCUT2D eigenvalue weighted by Crippen LogP contribution is 2.39. The molecule has 0 spiro atoms. The van der Waals surface area contributed by atoms with Crippen molar-refractivity contribution in [2.45, 2.75) is 129 Å². The van der Waals surface area contributed by atoms with Gasteiger partial charge in [-0.1, -0.05) is 34.8 Å². The number of nitrogen functional groups attached to an aromatic ring is 1. The monoisotopic (exact) mass is 1160 g/mol. The Labute approximate surface area is 458 Å². The summed E-state index contributed by atoms with van der Waals surface area (Å²) in [5, 5.41) is 4.91. The molecule has 0 radical (unpaired) electrons. The zero-order valence-electron chi connectivity index (χ0n) is 43.9. The molecule has 15 nitrogen and oxygen atoms in total. The quantitative estimate of drug-likeness (QED) is 0.0465. The van der Waals surface area contributed by atoms with Crippen LogP contribution < -0.4 is 35.3 Å². The highest BCUT2D eigenvalue weighted by Gasteiger charge is 2.32.